The Bertz CT molecular complexity index is 731. The molecule has 25 heavy (non-hydrogen) atoms. The third kappa shape index (κ3) is 3.74. The molecule has 1 aliphatic carbocycles. The largest absolute Gasteiger partial charge is 0.480 e. The van der Waals surface area contributed by atoms with E-state index in [-0.39, 0.29) is 11.7 Å². The van der Waals surface area contributed by atoms with Gasteiger partial charge in [-0.25, -0.2) is 9.97 Å². The maximum absolute atomic E-state index is 6.15. The Labute approximate surface area is 147 Å². The Balaban J connectivity index is 1.86. The van der Waals surface area contributed by atoms with Crippen LogP contribution < -0.4 is 21.5 Å². The highest BCUT2D eigenvalue weighted by molar-refractivity contribution is 5.67. The molecule has 0 unspecified atom stereocenters. The Morgan fingerprint density at radius 2 is 1.88 bits per heavy atom. The molecule has 1 aliphatic rings. The van der Waals surface area contributed by atoms with E-state index in [0.29, 0.717) is 29.3 Å². The van der Waals surface area contributed by atoms with Crippen molar-refractivity contribution < 1.29 is 9.47 Å². The van der Waals surface area contributed by atoms with Crippen LogP contribution in [-0.4, -0.2) is 35.3 Å². The first kappa shape index (κ1) is 17.2. The summed E-state index contributed by atoms with van der Waals surface area (Å²) in [6, 6.07) is 3.64. The fourth-order valence-electron chi connectivity index (χ4n) is 3.21. The molecule has 0 saturated heterocycles. The van der Waals surface area contributed by atoms with Crippen LogP contribution in [0, 0.1) is 0 Å². The van der Waals surface area contributed by atoms with Gasteiger partial charge in [0.25, 0.3) is 0 Å². The van der Waals surface area contributed by atoms with Gasteiger partial charge in [-0.1, -0.05) is 0 Å². The van der Waals surface area contributed by atoms with Gasteiger partial charge in [0.2, 0.25) is 11.8 Å². The molecule has 2 aromatic rings. The first-order valence-electron chi connectivity index (χ1n) is 8.34. The number of pyridine rings is 1. The number of nitrogen functional groups attached to an aromatic ring is 2. The summed E-state index contributed by atoms with van der Waals surface area (Å²) in [7, 11) is 3.32. The van der Waals surface area contributed by atoms with Gasteiger partial charge in [-0.15, -0.1) is 0 Å². The second-order valence-electron chi connectivity index (χ2n) is 6.13. The molecule has 2 aromatic heterocycles. The third-order valence-electron chi connectivity index (χ3n) is 4.61. The lowest BCUT2D eigenvalue weighted by Gasteiger charge is -2.28. The predicted octanol–water partition coefficient (Wildman–Crippen LogP) is 2.46. The Kier molecular flexibility index (Phi) is 5.18. The zero-order valence-electron chi connectivity index (χ0n) is 14.5. The van der Waals surface area contributed by atoms with Gasteiger partial charge in [-0.2, -0.15) is 4.98 Å². The van der Waals surface area contributed by atoms with E-state index in [1.54, 1.807) is 26.5 Å². The highest BCUT2D eigenvalue weighted by Crippen LogP contribution is 2.37. The number of hydrogen-bond acceptors (Lipinski definition) is 8. The molecule has 8 heteroatoms. The number of ether oxygens (including phenoxy) is 2. The van der Waals surface area contributed by atoms with Crippen LogP contribution in [-0.2, 0) is 4.74 Å². The van der Waals surface area contributed by atoms with E-state index in [1.165, 1.54) is 0 Å². The van der Waals surface area contributed by atoms with Gasteiger partial charge in [-0.05, 0) is 37.8 Å². The number of rotatable bonds is 5. The molecular weight excluding hydrogens is 320 g/mol. The normalized spacial score (nSPS) is 20.2. The van der Waals surface area contributed by atoms with Gasteiger partial charge in [0.05, 0.1) is 24.6 Å². The minimum atomic E-state index is 0.257. The number of aromatic nitrogens is 3. The molecule has 0 amide bonds. The molecule has 5 N–H and O–H groups in total. The summed E-state index contributed by atoms with van der Waals surface area (Å²) in [5.41, 5.74) is 14.1. The zero-order chi connectivity index (χ0) is 17.8. The van der Waals surface area contributed by atoms with Crippen molar-refractivity contribution in [3.8, 4) is 5.88 Å². The molecule has 3 rings (SSSR count). The average molecular weight is 344 g/mol. The van der Waals surface area contributed by atoms with Gasteiger partial charge in [0.1, 0.15) is 5.69 Å². The van der Waals surface area contributed by atoms with Crippen molar-refractivity contribution in [1.82, 2.24) is 15.0 Å². The SMILES string of the molecule is COc1ncccc1Nc1nc(N)c(N)c(C2CCC(OC)CC2)n1. The van der Waals surface area contributed by atoms with E-state index in [9.17, 15) is 0 Å². The van der Waals surface area contributed by atoms with Crippen LogP contribution in [0.2, 0.25) is 0 Å². The van der Waals surface area contributed by atoms with E-state index >= 15 is 0 Å². The van der Waals surface area contributed by atoms with E-state index in [0.717, 1.165) is 31.4 Å². The number of nitrogens with zero attached hydrogens (tertiary/aromatic N) is 3. The number of nitrogens with one attached hydrogen (secondary N) is 1. The maximum Gasteiger partial charge on any atom is 0.237 e. The molecule has 0 aromatic carbocycles. The average Bonchev–Trinajstić information content (AvgIpc) is 2.65. The van der Waals surface area contributed by atoms with E-state index in [1.807, 2.05) is 6.07 Å². The molecule has 1 fully saturated rings. The first-order chi connectivity index (χ1) is 12.1. The highest BCUT2D eigenvalue weighted by atomic mass is 16.5. The van der Waals surface area contributed by atoms with Gasteiger partial charge < -0.3 is 26.3 Å². The number of anilines is 4. The van der Waals surface area contributed by atoms with Crippen LogP contribution in [0.1, 0.15) is 37.3 Å². The van der Waals surface area contributed by atoms with E-state index < -0.39 is 0 Å². The van der Waals surface area contributed by atoms with Crippen molar-refractivity contribution in [3.05, 3.63) is 24.0 Å². The lowest BCUT2D eigenvalue weighted by molar-refractivity contribution is 0.0656. The molecule has 0 aliphatic heterocycles. The van der Waals surface area contributed by atoms with Crippen LogP contribution in [0.5, 0.6) is 5.88 Å². The minimum Gasteiger partial charge on any atom is -0.480 e. The van der Waals surface area contributed by atoms with E-state index in [4.69, 9.17) is 20.9 Å². The van der Waals surface area contributed by atoms with Crippen molar-refractivity contribution in [1.29, 1.82) is 0 Å². The predicted molar refractivity (Wildman–Crippen MR) is 96.9 cm³/mol. The molecule has 0 radical (unpaired) electrons. The lowest BCUT2D eigenvalue weighted by atomic mass is 9.84. The minimum absolute atomic E-state index is 0.257. The van der Waals surface area contributed by atoms with Gasteiger partial charge in [-0.3, -0.25) is 0 Å². The molecular formula is C17H24N6O2. The van der Waals surface area contributed by atoms with Gasteiger partial charge in [0, 0.05) is 19.2 Å². The van der Waals surface area contributed by atoms with Crippen LogP contribution >= 0.6 is 0 Å². The lowest BCUT2D eigenvalue weighted by Crippen LogP contribution is -2.21. The second kappa shape index (κ2) is 7.52. The fraction of sp³-hybridized carbons (Fsp3) is 0.471. The third-order valence-corrected chi connectivity index (χ3v) is 4.61. The Hall–Kier alpha value is -2.61. The Morgan fingerprint density at radius 1 is 1.12 bits per heavy atom. The molecule has 0 atom stereocenters. The van der Waals surface area contributed by atoms with Crippen LogP contribution in [0.25, 0.3) is 0 Å². The number of methoxy groups -OCH3 is 2. The van der Waals surface area contributed by atoms with Crippen molar-refractivity contribution in [2.45, 2.75) is 37.7 Å². The molecule has 134 valence electrons. The quantitative estimate of drug-likeness (QED) is 0.756. The monoisotopic (exact) mass is 344 g/mol. The molecule has 2 heterocycles. The molecule has 1 saturated carbocycles. The second-order valence-corrected chi connectivity index (χ2v) is 6.13. The molecule has 8 nitrogen and oxygen atoms in total. The maximum atomic E-state index is 6.15. The summed E-state index contributed by atoms with van der Waals surface area (Å²) < 4.78 is 10.7. The number of hydrogen-bond donors (Lipinski definition) is 3. The first-order valence-corrected chi connectivity index (χ1v) is 8.34. The van der Waals surface area contributed by atoms with Crippen LogP contribution in [0.3, 0.4) is 0 Å². The summed E-state index contributed by atoms with van der Waals surface area (Å²) in [5, 5.41) is 3.12. The van der Waals surface area contributed by atoms with E-state index in [2.05, 4.69) is 20.3 Å². The Morgan fingerprint density at radius 3 is 2.56 bits per heavy atom. The summed E-state index contributed by atoms with van der Waals surface area (Å²) in [6.45, 7) is 0. The summed E-state index contributed by atoms with van der Waals surface area (Å²) in [5.74, 6) is 1.39. The van der Waals surface area contributed by atoms with Crippen LogP contribution in [0.4, 0.5) is 23.1 Å². The van der Waals surface area contributed by atoms with Gasteiger partial charge >= 0.3 is 0 Å². The van der Waals surface area contributed by atoms with Crippen LogP contribution in [0.15, 0.2) is 18.3 Å². The van der Waals surface area contributed by atoms with Crippen molar-refractivity contribution in [2.75, 3.05) is 31.0 Å². The smallest absolute Gasteiger partial charge is 0.237 e. The standard InChI is InChI=1S/C17H24N6O2/c1-24-11-7-5-10(6-8-11)14-13(18)15(19)23-17(22-14)21-12-4-3-9-20-16(12)25-2/h3-4,9-11H,5-8,18H2,1-2H3,(H3,19,21,22,23). The van der Waals surface area contributed by atoms with Gasteiger partial charge in [0.15, 0.2) is 5.82 Å². The summed E-state index contributed by atoms with van der Waals surface area (Å²) in [6.07, 6.45) is 5.88. The number of nitrogens with two attached hydrogens (primary N) is 2. The van der Waals surface area contributed by atoms with Crippen molar-refractivity contribution >= 4 is 23.1 Å². The molecule has 0 spiro atoms. The highest BCUT2D eigenvalue weighted by Gasteiger charge is 2.26. The fourth-order valence-corrected chi connectivity index (χ4v) is 3.21. The zero-order valence-corrected chi connectivity index (χ0v) is 14.5. The summed E-state index contributed by atoms with van der Waals surface area (Å²) in [4.78, 5) is 13.0. The molecule has 0 bridgehead atoms. The topological polar surface area (TPSA) is 121 Å². The van der Waals surface area contributed by atoms with Crippen molar-refractivity contribution in [3.63, 3.8) is 0 Å². The summed E-state index contributed by atoms with van der Waals surface area (Å²) >= 11 is 0. The van der Waals surface area contributed by atoms with Crippen molar-refractivity contribution in [2.24, 2.45) is 0 Å².